The summed E-state index contributed by atoms with van der Waals surface area (Å²) < 4.78 is 27.6. The van der Waals surface area contributed by atoms with Crippen LogP contribution < -0.4 is 5.32 Å². The molecule has 0 radical (unpaired) electrons. The first-order chi connectivity index (χ1) is 10.2. The van der Waals surface area contributed by atoms with Gasteiger partial charge in [0.15, 0.2) is 11.6 Å². The molecule has 3 unspecified atom stereocenters. The normalized spacial score (nSPS) is 26.4. The van der Waals surface area contributed by atoms with Crippen molar-refractivity contribution in [2.75, 3.05) is 19.6 Å². The van der Waals surface area contributed by atoms with E-state index in [0.717, 1.165) is 32.0 Å². The van der Waals surface area contributed by atoms with Crippen LogP contribution in [0.25, 0.3) is 0 Å². The minimum atomic E-state index is -0.751. The van der Waals surface area contributed by atoms with Crippen LogP contribution in [0.1, 0.15) is 44.2 Å². The lowest BCUT2D eigenvalue weighted by atomic mass is 10.0. The van der Waals surface area contributed by atoms with Crippen LogP contribution in [-0.4, -0.2) is 30.6 Å². The maximum absolute atomic E-state index is 14.1. The summed E-state index contributed by atoms with van der Waals surface area (Å²) >= 11 is 0. The lowest BCUT2D eigenvalue weighted by Gasteiger charge is -2.31. The van der Waals surface area contributed by atoms with Gasteiger partial charge in [-0.05, 0) is 44.2 Å². The van der Waals surface area contributed by atoms with Crippen LogP contribution in [0.4, 0.5) is 8.78 Å². The average Bonchev–Trinajstić information content (AvgIpc) is 3.09. The molecule has 0 amide bonds. The van der Waals surface area contributed by atoms with Gasteiger partial charge in [-0.3, -0.25) is 4.90 Å². The number of hydrogen-bond donors (Lipinski definition) is 1. The van der Waals surface area contributed by atoms with E-state index in [9.17, 15) is 8.78 Å². The fourth-order valence-electron chi connectivity index (χ4n) is 3.87. The highest BCUT2D eigenvalue weighted by Crippen LogP contribution is 2.38. The lowest BCUT2D eigenvalue weighted by molar-refractivity contribution is 0.190. The summed E-state index contributed by atoms with van der Waals surface area (Å²) in [6.45, 7) is 4.81. The molecule has 1 N–H and O–H groups in total. The Kier molecular flexibility index (Phi) is 4.55. The fraction of sp³-hybridized carbons (Fsp3) is 0.647. The van der Waals surface area contributed by atoms with Crippen LogP contribution in [-0.2, 0) is 0 Å². The molecule has 2 nitrogen and oxygen atoms in total. The van der Waals surface area contributed by atoms with E-state index in [1.54, 1.807) is 12.1 Å². The number of nitrogens with one attached hydrogen (secondary N) is 1. The number of likely N-dealkylation sites (tertiary alicyclic amines) is 1. The molecule has 2 bridgehead atoms. The van der Waals surface area contributed by atoms with Gasteiger partial charge in [-0.15, -0.1) is 0 Å². The van der Waals surface area contributed by atoms with Crippen molar-refractivity contribution in [3.8, 4) is 0 Å². The van der Waals surface area contributed by atoms with Gasteiger partial charge in [0, 0.05) is 30.7 Å². The highest BCUT2D eigenvalue weighted by Gasteiger charge is 2.38. The van der Waals surface area contributed by atoms with E-state index in [0.29, 0.717) is 11.6 Å². The first kappa shape index (κ1) is 14.9. The maximum Gasteiger partial charge on any atom is 0.163 e. The van der Waals surface area contributed by atoms with Crippen molar-refractivity contribution >= 4 is 0 Å². The van der Waals surface area contributed by atoms with Gasteiger partial charge in [0.2, 0.25) is 0 Å². The number of benzene rings is 1. The number of nitrogens with zero attached hydrogens (tertiary/aromatic N) is 1. The highest BCUT2D eigenvalue weighted by atomic mass is 19.2. The summed E-state index contributed by atoms with van der Waals surface area (Å²) in [7, 11) is 0. The Hall–Kier alpha value is -1.00. The third-order valence-electron chi connectivity index (χ3n) is 4.94. The molecule has 1 saturated heterocycles. The zero-order valence-corrected chi connectivity index (χ0v) is 12.6. The van der Waals surface area contributed by atoms with E-state index in [4.69, 9.17) is 0 Å². The Balaban J connectivity index is 1.75. The molecule has 1 aromatic rings. The second-order valence-corrected chi connectivity index (χ2v) is 6.44. The minimum Gasteiger partial charge on any atom is -0.309 e. The van der Waals surface area contributed by atoms with Crippen molar-refractivity contribution in [2.24, 2.45) is 5.92 Å². The zero-order chi connectivity index (χ0) is 14.8. The van der Waals surface area contributed by atoms with Gasteiger partial charge in [0.05, 0.1) is 0 Å². The first-order valence-corrected chi connectivity index (χ1v) is 8.10. The quantitative estimate of drug-likeness (QED) is 0.864. The summed E-state index contributed by atoms with van der Waals surface area (Å²) in [5, 5.41) is 3.39. The number of rotatable bonds is 6. The highest BCUT2D eigenvalue weighted by molar-refractivity contribution is 5.23. The van der Waals surface area contributed by atoms with E-state index in [1.165, 1.54) is 25.3 Å². The van der Waals surface area contributed by atoms with Crippen molar-refractivity contribution in [3.05, 3.63) is 35.4 Å². The van der Waals surface area contributed by atoms with Crippen LogP contribution in [0.2, 0.25) is 0 Å². The van der Waals surface area contributed by atoms with Gasteiger partial charge in [0.1, 0.15) is 0 Å². The minimum absolute atomic E-state index is 0.125. The molecule has 1 aliphatic heterocycles. The molecule has 4 heteroatoms. The molecule has 2 fully saturated rings. The Morgan fingerprint density at radius 1 is 1.33 bits per heavy atom. The monoisotopic (exact) mass is 294 g/mol. The van der Waals surface area contributed by atoms with Crippen LogP contribution in [0, 0.1) is 17.6 Å². The molecule has 1 saturated carbocycles. The fourth-order valence-corrected chi connectivity index (χ4v) is 3.87. The zero-order valence-electron chi connectivity index (χ0n) is 12.6. The maximum atomic E-state index is 14.1. The first-order valence-electron chi connectivity index (χ1n) is 8.10. The van der Waals surface area contributed by atoms with Gasteiger partial charge in [0.25, 0.3) is 0 Å². The Bertz CT molecular complexity index is 492. The van der Waals surface area contributed by atoms with E-state index in [-0.39, 0.29) is 6.04 Å². The summed E-state index contributed by atoms with van der Waals surface area (Å²) in [6, 6.07) is 5.02. The van der Waals surface area contributed by atoms with Gasteiger partial charge >= 0.3 is 0 Å². The smallest absolute Gasteiger partial charge is 0.163 e. The third-order valence-corrected chi connectivity index (χ3v) is 4.94. The second-order valence-electron chi connectivity index (χ2n) is 6.44. The molecule has 1 heterocycles. The molecule has 0 aromatic heterocycles. The predicted molar refractivity (Wildman–Crippen MR) is 80.1 cm³/mol. The van der Waals surface area contributed by atoms with E-state index in [1.807, 2.05) is 0 Å². The van der Waals surface area contributed by atoms with E-state index in [2.05, 4.69) is 17.1 Å². The SMILES string of the molecule is CCCNC(CN1CC2CCC1C2)c1cccc(F)c1F. The number of fused-ring (bicyclic) bond motifs is 2. The van der Waals surface area contributed by atoms with Gasteiger partial charge in [-0.25, -0.2) is 8.78 Å². The second kappa shape index (κ2) is 6.41. The molecule has 2 aliphatic rings. The molecular formula is C17H24F2N2. The molecule has 21 heavy (non-hydrogen) atoms. The molecule has 3 atom stereocenters. The largest absolute Gasteiger partial charge is 0.309 e. The Labute approximate surface area is 125 Å². The lowest BCUT2D eigenvalue weighted by Crippen LogP contribution is -2.40. The van der Waals surface area contributed by atoms with Crippen molar-refractivity contribution in [3.63, 3.8) is 0 Å². The number of piperidine rings is 1. The van der Waals surface area contributed by atoms with Crippen LogP contribution in [0.15, 0.2) is 18.2 Å². The summed E-state index contributed by atoms with van der Waals surface area (Å²) in [5.74, 6) is -0.631. The number of hydrogen-bond acceptors (Lipinski definition) is 2. The van der Waals surface area contributed by atoms with Gasteiger partial charge in [-0.1, -0.05) is 19.1 Å². The van der Waals surface area contributed by atoms with E-state index < -0.39 is 11.6 Å². The summed E-state index contributed by atoms with van der Waals surface area (Å²) in [6.07, 6.45) is 4.87. The van der Waals surface area contributed by atoms with E-state index >= 15 is 0 Å². The van der Waals surface area contributed by atoms with Crippen LogP contribution in [0.3, 0.4) is 0 Å². The van der Waals surface area contributed by atoms with Gasteiger partial charge < -0.3 is 5.32 Å². The van der Waals surface area contributed by atoms with Crippen LogP contribution in [0.5, 0.6) is 0 Å². The molecule has 116 valence electrons. The molecule has 0 spiro atoms. The van der Waals surface area contributed by atoms with Crippen molar-refractivity contribution in [1.29, 1.82) is 0 Å². The average molecular weight is 294 g/mol. The number of halogens is 2. The summed E-state index contributed by atoms with van der Waals surface area (Å²) in [4.78, 5) is 2.46. The molecule has 1 aromatic carbocycles. The molecular weight excluding hydrogens is 270 g/mol. The van der Waals surface area contributed by atoms with Crippen LogP contribution >= 0.6 is 0 Å². The Morgan fingerprint density at radius 2 is 2.19 bits per heavy atom. The topological polar surface area (TPSA) is 15.3 Å². The van der Waals surface area contributed by atoms with Gasteiger partial charge in [-0.2, -0.15) is 0 Å². The Morgan fingerprint density at radius 3 is 2.86 bits per heavy atom. The molecule has 3 rings (SSSR count). The van der Waals surface area contributed by atoms with Crippen molar-refractivity contribution in [2.45, 2.75) is 44.7 Å². The molecule has 1 aliphatic carbocycles. The standard InChI is InChI=1S/C17H24F2N2/c1-2-8-20-16(14-4-3-5-15(18)17(14)19)11-21-10-12-6-7-13(21)9-12/h3-5,12-13,16,20H,2,6-11H2,1H3. The predicted octanol–water partition coefficient (Wildman–Crippen LogP) is 3.49. The van der Waals surface area contributed by atoms with Crippen molar-refractivity contribution in [1.82, 2.24) is 10.2 Å². The van der Waals surface area contributed by atoms with Crippen molar-refractivity contribution < 1.29 is 8.78 Å². The third kappa shape index (κ3) is 3.11. The summed E-state index contributed by atoms with van der Waals surface area (Å²) in [5.41, 5.74) is 0.464.